The van der Waals surface area contributed by atoms with Crippen molar-refractivity contribution < 1.29 is 14.3 Å². The van der Waals surface area contributed by atoms with Gasteiger partial charge in [-0.1, -0.05) is 36.4 Å². The summed E-state index contributed by atoms with van der Waals surface area (Å²) in [5.41, 5.74) is 3.85. The van der Waals surface area contributed by atoms with Gasteiger partial charge in [0.15, 0.2) is 0 Å². The summed E-state index contributed by atoms with van der Waals surface area (Å²) in [6, 6.07) is 23.0. The smallest absolute Gasteiger partial charge is 0.267 e. The molecule has 2 fully saturated rings. The van der Waals surface area contributed by atoms with E-state index in [0.29, 0.717) is 36.7 Å². The molecule has 1 saturated carbocycles. The normalized spacial score (nSPS) is 15.9. The zero-order chi connectivity index (χ0) is 31.6. The van der Waals surface area contributed by atoms with Gasteiger partial charge < -0.3 is 29.0 Å². The number of aromatic nitrogens is 2. The lowest BCUT2D eigenvalue weighted by Gasteiger charge is -2.30. The minimum atomic E-state index is -0.0813. The largest absolute Gasteiger partial charge is 0.491 e. The number of pyridine rings is 1. The maximum Gasteiger partial charge on any atom is 0.267 e. The number of ether oxygens (including phenoxy) is 2. The molecule has 3 heterocycles. The number of amides is 1. The number of H-pyrrole nitrogens is 1. The number of nitrogens with one attached hydrogen (secondary N) is 2. The monoisotopic (exact) mass is 677 g/mol. The number of aryl methyl sites for hydroxylation is 1. The average Bonchev–Trinajstić information content (AvgIpc) is 3.84. The fourth-order valence-electron chi connectivity index (χ4n) is 5.49. The number of hydrogen-bond acceptors (Lipinski definition) is 9. The molecule has 8 nitrogen and oxygen atoms in total. The van der Waals surface area contributed by atoms with Gasteiger partial charge in [-0.15, -0.1) is 0 Å². The standard InChI is InChI=1S/C35H43N5O3S3/c1-42-16-17-43-29-21-27-22-31(38-34(27)32(23-29)40(28-10-11-28)46-33-9-5-6-13-36-33)35(41)37-24-30(25-39-14-19-44-20-15-39)45-18-12-26-7-3-2-4-8-26/h2-9,13,21-23,28,30,38H,10-12,14-20,24-25H2,1H3,(H,37,41). The number of fused-ring (bicyclic) bond motifs is 1. The van der Waals surface area contributed by atoms with Gasteiger partial charge in [-0.2, -0.15) is 23.5 Å². The molecule has 6 rings (SSSR count). The van der Waals surface area contributed by atoms with Crippen molar-refractivity contribution in [3.05, 3.63) is 84.2 Å². The Balaban J connectivity index is 1.19. The highest BCUT2D eigenvalue weighted by Crippen LogP contribution is 2.44. The zero-order valence-electron chi connectivity index (χ0n) is 26.4. The molecule has 2 aromatic carbocycles. The van der Waals surface area contributed by atoms with E-state index in [1.165, 1.54) is 17.1 Å². The Morgan fingerprint density at radius 3 is 2.70 bits per heavy atom. The lowest BCUT2D eigenvalue weighted by atomic mass is 10.2. The lowest BCUT2D eigenvalue weighted by Crippen LogP contribution is -2.42. The first-order valence-corrected chi connectivity index (χ1v) is 19.0. The summed E-state index contributed by atoms with van der Waals surface area (Å²) in [6.45, 7) is 4.79. The van der Waals surface area contributed by atoms with Crippen LogP contribution in [0, 0.1) is 0 Å². The molecule has 244 valence electrons. The van der Waals surface area contributed by atoms with Crippen molar-refractivity contribution in [3.8, 4) is 5.75 Å². The molecule has 2 N–H and O–H groups in total. The van der Waals surface area contributed by atoms with Gasteiger partial charge in [0, 0.05) is 85.7 Å². The van der Waals surface area contributed by atoms with E-state index in [0.717, 1.165) is 72.0 Å². The maximum atomic E-state index is 13.7. The van der Waals surface area contributed by atoms with Gasteiger partial charge >= 0.3 is 0 Å². The van der Waals surface area contributed by atoms with E-state index in [1.807, 2.05) is 60.1 Å². The number of anilines is 1. The minimum absolute atomic E-state index is 0.0813. The molecule has 4 aromatic rings. The molecule has 1 amide bonds. The summed E-state index contributed by atoms with van der Waals surface area (Å²) < 4.78 is 13.6. The predicted molar refractivity (Wildman–Crippen MR) is 194 cm³/mol. The molecule has 11 heteroatoms. The Hall–Kier alpha value is -2.83. The Morgan fingerprint density at radius 1 is 1.11 bits per heavy atom. The Bertz CT molecular complexity index is 1530. The molecule has 2 aliphatic rings. The van der Waals surface area contributed by atoms with Gasteiger partial charge in [0.1, 0.15) is 23.1 Å². The van der Waals surface area contributed by atoms with Crippen LogP contribution in [0.25, 0.3) is 10.9 Å². The van der Waals surface area contributed by atoms with Gasteiger partial charge in [0.2, 0.25) is 0 Å². The Labute approximate surface area is 284 Å². The summed E-state index contributed by atoms with van der Waals surface area (Å²) in [7, 11) is 1.67. The van der Waals surface area contributed by atoms with Gasteiger partial charge in [-0.25, -0.2) is 4.98 Å². The van der Waals surface area contributed by atoms with Crippen molar-refractivity contribution in [2.45, 2.75) is 35.6 Å². The van der Waals surface area contributed by atoms with E-state index in [2.05, 4.69) is 60.9 Å². The quantitative estimate of drug-likeness (QED) is 0.0977. The molecular weight excluding hydrogens is 635 g/mol. The van der Waals surface area contributed by atoms with Crippen LogP contribution in [0.5, 0.6) is 5.75 Å². The van der Waals surface area contributed by atoms with E-state index in [4.69, 9.17) is 9.47 Å². The van der Waals surface area contributed by atoms with Crippen LogP contribution in [0.2, 0.25) is 0 Å². The van der Waals surface area contributed by atoms with Crippen LogP contribution >= 0.6 is 35.5 Å². The molecule has 1 aliphatic carbocycles. The first-order valence-electron chi connectivity index (χ1n) is 16.1. The molecule has 0 bridgehead atoms. The molecule has 2 aromatic heterocycles. The SMILES string of the molecule is COCCOc1cc(N(Sc2ccccn2)C2CC2)c2[nH]c(C(=O)NCC(CN3CCSCC3)SCCc3ccccc3)cc2c1. The fourth-order valence-corrected chi connectivity index (χ4v) is 8.72. The van der Waals surface area contributed by atoms with Crippen molar-refractivity contribution in [1.29, 1.82) is 0 Å². The molecular formula is C35H43N5O3S3. The van der Waals surface area contributed by atoms with Crippen LogP contribution in [0.1, 0.15) is 28.9 Å². The molecule has 0 radical (unpaired) electrons. The summed E-state index contributed by atoms with van der Waals surface area (Å²) in [4.78, 5) is 24.3. The van der Waals surface area contributed by atoms with E-state index in [9.17, 15) is 4.79 Å². The molecule has 46 heavy (non-hydrogen) atoms. The first-order chi connectivity index (χ1) is 22.7. The van der Waals surface area contributed by atoms with Crippen LogP contribution in [-0.2, 0) is 11.2 Å². The number of benzene rings is 2. The summed E-state index contributed by atoms with van der Waals surface area (Å²) in [5.74, 6) is 4.06. The minimum Gasteiger partial charge on any atom is -0.491 e. The molecule has 0 spiro atoms. The van der Waals surface area contributed by atoms with E-state index in [-0.39, 0.29) is 5.91 Å². The molecule has 1 unspecified atom stereocenters. The number of methoxy groups -OCH3 is 1. The fraction of sp³-hybridized carbons (Fsp3) is 0.429. The van der Waals surface area contributed by atoms with Crippen LogP contribution in [0.4, 0.5) is 5.69 Å². The van der Waals surface area contributed by atoms with Gasteiger partial charge in [-0.3, -0.25) is 4.79 Å². The van der Waals surface area contributed by atoms with Crippen molar-refractivity contribution in [1.82, 2.24) is 20.2 Å². The lowest BCUT2D eigenvalue weighted by molar-refractivity contribution is 0.0948. The number of carbonyl (C=O) groups is 1. The number of thioether (sulfide) groups is 2. The van der Waals surface area contributed by atoms with Crippen LogP contribution in [-0.4, -0.2) is 95.8 Å². The predicted octanol–water partition coefficient (Wildman–Crippen LogP) is 6.39. The van der Waals surface area contributed by atoms with E-state index in [1.54, 1.807) is 19.1 Å². The first kappa shape index (κ1) is 33.1. The number of carbonyl (C=O) groups excluding carboxylic acids is 1. The maximum absolute atomic E-state index is 13.7. The van der Waals surface area contributed by atoms with E-state index >= 15 is 0 Å². The van der Waals surface area contributed by atoms with E-state index < -0.39 is 0 Å². The Morgan fingerprint density at radius 2 is 1.93 bits per heavy atom. The van der Waals surface area contributed by atoms with Gasteiger partial charge in [0.25, 0.3) is 5.91 Å². The second-order valence-electron chi connectivity index (χ2n) is 11.6. The van der Waals surface area contributed by atoms with Crippen molar-refractivity contribution in [2.24, 2.45) is 0 Å². The van der Waals surface area contributed by atoms with Crippen molar-refractivity contribution in [2.75, 3.05) is 68.1 Å². The van der Waals surface area contributed by atoms with Crippen LogP contribution in [0.3, 0.4) is 0 Å². The number of hydrogen-bond donors (Lipinski definition) is 2. The number of aromatic amines is 1. The Kier molecular flexibility index (Phi) is 12.1. The highest BCUT2D eigenvalue weighted by atomic mass is 32.2. The van der Waals surface area contributed by atoms with Gasteiger partial charge in [-0.05, 0) is 54.8 Å². The van der Waals surface area contributed by atoms with Crippen LogP contribution in [0.15, 0.2) is 78.0 Å². The molecule has 1 aliphatic heterocycles. The second kappa shape index (κ2) is 16.8. The average molecular weight is 678 g/mol. The highest BCUT2D eigenvalue weighted by molar-refractivity contribution is 8.00. The summed E-state index contributed by atoms with van der Waals surface area (Å²) >= 11 is 5.62. The van der Waals surface area contributed by atoms with Crippen molar-refractivity contribution >= 4 is 58.0 Å². The third kappa shape index (κ3) is 9.38. The third-order valence-electron chi connectivity index (χ3n) is 8.07. The summed E-state index contributed by atoms with van der Waals surface area (Å²) in [5, 5.41) is 5.47. The summed E-state index contributed by atoms with van der Waals surface area (Å²) in [6.07, 6.45) is 5.08. The number of rotatable bonds is 17. The van der Waals surface area contributed by atoms with Gasteiger partial charge in [0.05, 0.1) is 17.8 Å². The zero-order valence-corrected chi connectivity index (χ0v) is 28.8. The van der Waals surface area contributed by atoms with Crippen LogP contribution < -0.4 is 14.4 Å². The molecule has 1 atom stereocenters. The third-order valence-corrected chi connectivity index (χ3v) is 11.4. The topological polar surface area (TPSA) is 82.7 Å². The van der Waals surface area contributed by atoms with Crippen molar-refractivity contribution in [3.63, 3.8) is 0 Å². The second-order valence-corrected chi connectivity index (χ2v) is 15.2. The highest BCUT2D eigenvalue weighted by Gasteiger charge is 2.33. The number of nitrogens with zero attached hydrogens (tertiary/aromatic N) is 3. The molecule has 1 saturated heterocycles.